The summed E-state index contributed by atoms with van der Waals surface area (Å²) in [6, 6.07) is 20.5. The number of benzene rings is 3. The number of nitrogens with one attached hydrogen (secondary N) is 2. The largest absolute Gasteiger partial charge is 0.322 e. The summed E-state index contributed by atoms with van der Waals surface area (Å²) >= 11 is 0. The molecule has 3 aromatic carbocycles. The molecule has 1 amide bonds. The van der Waals surface area contributed by atoms with E-state index in [9.17, 15) is 21.6 Å². The van der Waals surface area contributed by atoms with Gasteiger partial charge < -0.3 is 5.32 Å². The highest BCUT2D eigenvalue weighted by molar-refractivity contribution is 7.93. The Labute approximate surface area is 188 Å². The lowest BCUT2D eigenvalue weighted by Gasteiger charge is -2.18. The molecular weight excluding hydrogens is 450 g/mol. The Hall–Kier alpha value is -3.37. The highest BCUT2D eigenvalue weighted by Gasteiger charge is 2.17. The van der Waals surface area contributed by atoms with Gasteiger partial charge in [-0.2, -0.15) is 0 Å². The predicted molar refractivity (Wildman–Crippen MR) is 126 cm³/mol. The summed E-state index contributed by atoms with van der Waals surface area (Å²) in [5.41, 5.74) is 1.65. The van der Waals surface area contributed by atoms with Crippen LogP contribution in [0.3, 0.4) is 0 Å². The highest BCUT2D eigenvalue weighted by atomic mass is 32.2. The molecule has 0 aliphatic carbocycles. The van der Waals surface area contributed by atoms with E-state index in [-0.39, 0.29) is 10.6 Å². The minimum absolute atomic E-state index is 0.0294. The lowest BCUT2D eigenvalue weighted by atomic mass is 10.2. The second-order valence-corrected chi connectivity index (χ2v) is 10.8. The van der Waals surface area contributed by atoms with Crippen molar-refractivity contribution in [3.8, 4) is 0 Å². The minimum Gasteiger partial charge on any atom is -0.322 e. The number of para-hydroxylation sites is 1. The van der Waals surface area contributed by atoms with Crippen molar-refractivity contribution in [1.29, 1.82) is 0 Å². The number of carbonyl (C=O) groups excluding carboxylic acids is 1. The van der Waals surface area contributed by atoms with Gasteiger partial charge in [-0.1, -0.05) is 18.2 Å². The Bertz CT molecular complexity index is 1290. The van der Waals surface area contributed by atoms with Gasteiger partial charge >= 0.3 is 0 Å². The van der Waals surface area contributed by atoms with Crippen molar-refractivity contribution < 1.29 is 21.6 Å². The van der Waals surface area contributed by atoms with Crippen molar-refractivity contribution in [3.05, 3.63) is 84.4 Å². The van der Waals surface area contributed by atoms with Gasteiger partial charge in [0.25, 0.3) is 15.9 Å². The smallest absolute Gasteiger partial charge is 0.261 e. The average molecular weight is 474 g/mol. The van der Waals surface area contributed by atoms with E-state index in [2.05, 4.69) is 10.0 Å². The SMILES string of the molecule is CCS(=O)(=O)N(C)c1ccc(C(=O)Nc2ccc(S(=O)(=O)Nc3ccccc3)cc2)cc1. The molecule has 168 valence electrons. The van der Waals surface area contributed by atoms with E-state index in [1.54, 1.807) is 49.4 Å². The maximum Gasteiger partial charge on any atom is 0.261 e. The summed E-state index contributed by atoms with van der Waals surface area (Å²) in [5.74, 6) is -0.436. The highest BCUT2D eigenvalue weighted by Crippen LogP contribution is 2.20. The predicted octanol–water partition coefficient (Wildman–Crippen LogP) is 3.53. The first kappa shape index (κ1) is 23.3. The van der Waals surface area contributed by atoms with E-state index in [4.69, 9.17) is 0 Å². The van der Waals surface area contributed by atoms with Gasteiger partial charge in [-0.3, -0.25) is 13.8 Å². The van der Waals surface area contributed by atoms with Crippen molar-refractivity contribution in [2.24, 2.45) is 0 Å². The van der Waals surface area contributed by atoms with Crippen molar-refractivity contribution in [2.45, 2.75) is 11.8 Å². The van der Waals surface area contributed by atoms with Crippen LogP contribution in [0.5, 0.6) is 0 Å². The van der Waals surface area contributed by atoms with Crippen molar-refractivity contribution in [3.63, 3.8) is 0 Å². The topological polar surface area (TPSA) is 113 Å². The molecule has 0 aliphatic heterocycles. The van der Waals surface area contributed by atoms with Crippen LogP contribution in [0.2, 0.25) is 0 Å². The Morgan fingerprint density at radius 1 is 0.812 bits per heavy atom. The first-order valence-electron chi connectivity index (χ1n) is 9.68. The molecule has 0 spiro atoms. The van der Waals surface area contributed by atoms with Gasteiger partial charge in [-0.15, -0.1) is 0 Å². The third-order valence-electron chi connectivity index (χ3n) is 4.72. The maximum absolute atomic E-state index is 12.5. The summed E-state index contributed by atoms with van der Waals surface area (Å²) in [5, 5.41) is 2.69. The third kappa shape index (κ3) is 5.45. The molecule has 0 aliphatic rings. The summed E-state index contributed by atoms with van der Waals surface area (Å²) in [7, 11) is -5.69. The van der Waals surface area contributed by atoms with E-state index < -0.39 is 26.0 Å². The fourth-order valence-corrected chi connectivity index (χ4v) is 4.71. The number of anilines is 3. The van der Waals surface area contributed by atoms with Gasteiger partial charge in [0.15, 0.2) is 0 Å². The fourth-order valence-electron chi connectivity index (χ4n) is 2.82. The molecule has 0 aromatic heterocycles. The second-order valence-electron chi connectivity index (χ2n) is 6.86. The molecule has 3 aromatic rings. The number of hydrogen-bond donors (Lipinski definition) is 2. The standard InChI is InChI=1S/C22H23N3O5S2/c1-3-31(27,28)25(2)20-13-9-17(10-14-20)22(26)23-18-11-15-21(16-12-18)32(29,30)24-19-7-5-4-6-8-19/h4-16,24H,3H2,1-2H3,(H,23,26). The molecule has 0 unspecified atom stereocenters. The molecule has 0 saturated heterocycles. The third-order valence-corrected chi connectivity index (χ3v) is 7.90. The van der Waals surface area contributed by atoms with E-state index in [0.717, 1.165) is 4.31 Å². The molecule has 10 heteroatoms. The normalized spacial score (nSPS) is 11.6. The van der Waals surface area contributed by atoms with Gasteiger partial charge in [0.2, 0.25) is 10.0 Å². The van der Waals surface area contributed by atoms with E-state index in [1.807, 2.05) is 0 Å². The Kier molecular flexibility index (Phi) is 6.85. The van der Waals surface area contributed by atoms with Gasteiger partial charge in [0, 0.05) is 24.0 Å². The van der Waals surface area contributed by atoms with E-state index in [1.165, 1.54) is 43.4 Å². The molecule has 0 radical (unpaired) electrons. The van der Waals surface area contributed by atoms with Crippen LogP contribution >= 0.6 is 0 Å². The molecule has 0 fully saturated rings. The van der Waals surface area contributed by atoms with Crippen LogP contribution in [-0.4, -0.2) is 35.5 Å². The van der Waals surface area contributed by atoms with Crippen LogP contribution in [-0.2, 0) is 20.0 Å². The molecular formula is C22H23N3O5S2. The molecule has 0 atom stereocenters. The second kappa shape index (κ2) is 9.41. The van der Waals surface area contributed by atoms with Gasteiger partial charge in [-0.05, 0) is 67.6 Å². The van der Waals surface area contributed by atoms with E-state index >= 15 is 0 Å². The zero-order valence-corrected chi connectivity index (χ0v) is 19.2. The Morgan fingerprint density at radius 3 is 1.97 bits per heavy atom. The zero-order valence-electron chi connectivity index (χ0n) is 17.5. The molecule has 3 rings (SSSR count). The summed E-state index contributed by atoms with van der Waals surface area (Å²) in [6.07, 6.45) is 0. The number of sulfonamides is 2. The number of carbonyl (C=O) groups is 1. The van der Waals surface area contributed by atoms with Crippen LogP contribution < -0.4 is 14.3 Å². The van der Waals surface area contributed by atoms with E-state index in [0.29, 0.717) is 22.6 Å². The van der Waals surface area contributed by atoms with Crippen LogP contribution in [0.4, 0.5) is 17.1 Å². The maximum atomic E-state index is 12.5. The minimum atomic E-state index is -3.75. The quantitative estimate of drug-likeness (QED) is 0.520. The zero-order chi connectivity index (χ0) is 23.4. The van der Waals surface area contributed by atoms with Crippen LogP contribution in [0.15, 0.2) is 83.8 Å². The molecule has 32 heavy (non-hydrogen) atoms. The van der Waals surface area contributed by atoms with Crippen LogP contribution in [0.1, 0.15) is 17.3 Å². The Morgan fingerprint density at radius 2 is 1.41 bits per heavy atom. The molecule has 2 N–H and O–H groups in total. The van der Waals surface area contributed by atoms with Gasteiger partial charge in [0.05, 0.1) is 16.3 Å². The average Bonchev–Trinajstić information content (AvgIpc) is 2.79. The number of rotatable bonds is 8. The number of amides is 1. The Balaban J connectivity index is 1.68. The van der Waals surface area contributed by atoms with Crippen molar-refractivity contribution >= 4 is 43.0 Å². The summed E-state index contributed by atoms with van der Waals surface area (Å²) < 4.78 is 52.6. The summed E-state index contributed by atoms with van der Waals surface area (Å²) in [6.45, 7) is 1.56. The van der Waals surface area contributed by atoms with Crippen molar-refractivity contribution in [2.75, 3.05) is 27.1 Å². The first-order chi connectivity index (χ1) is 15.1. The van der Waals surface area contributed by atoms with Gasteiger partial charge in [-0.25, -0.2) is 16.8 Å². The van der Waals surface area contributed by atoms with Crippen LogP contribution in [0.25, 0.3) is 0 Å². The molecule has 0 bridgehead atoms. The molecule has 0 saturated carbocycles. The van der Waals surface area contributed by atoms with Crippen molar-refractivity contribution in [1.82, 2.24) is 0 Å². The lowest BCUT2D eigenvalue weighted by molar-refractivity contribution is 0.102. The van der Waals surface area contributed by atoms with Gasteiger partial charge in [0.1, 0.15) is 0 Å². The fraction of sp³-hybridized carbons (Fsp3) is 0.136. The lowest BCUT2D eigenvalue weighted by Crippen LogP contribution is -2.28. The van der Waals surface area contributed by atoms with Crippen LogP contribution in [0, 0.1) is 0 Å². The molecule has 8 nitrogen and oxygen atoms in total. The monoisotopic (exact) mass is 473 g/mol. The molecule has 0 heterocycles. The summed E-state index contributed by atoms with van der Waals surface area (Å²) in [4.78, 5) is 12.6. The number of nitrogens with zero attached hydrogens (tertiary/aromatic N) is 1. The number of hydrogen-bond acceptors (Lipinski definition) is 5. The first-order valence-corrected chi connectivity index (χ1v) is 12.8.